The van der Waals surface area contributed by atoms with E-state index in [0.29, 0.717) is 18.6 Å². The molecule has 1 heterocycles. The Balaban J connectivity index is 0.000000239. The lowest BCUT2D eigenvalue weighted by molar-refractivity contribution is -0.108. The molecule has 0 spiro atoms. The Hall–Kier alpha value is -2.01. The van der Waals surface area contributed by atoms with Crippen molar-refractivity contribution >= 4 is 6.29 Å². The van der Waals surface area contributed by atoms with E-state index in [2.05, 4.69) is 95.0 Å². The molecule has 0 atom stereocenters. The van der Waals surface area contributed by atoms with Crippen LogP contribution in [0.15, 0.2) is 48.5 Å². The number of piperidine rings is 1. The van der Waals surface area contributed by atoms with Crippen LogP contribution in [0.3, 0.4) is 0 Å². The number of benzene rings is 2. The molecule has 1 saturated carbocycles. The fourth-order valence-electron chi connectivity index (χ4n) is 5.59. The van der Waals surface area contributed by atoms with Crippen LogP contribution in [0.2, 0.25) is 0 Å². The number of rotatable bonds is 9. The Labute approximate surface area is 252 Å². The summed E-state index contributed by atoms with van der Waals surface area (Å²) >= 11 is 0. The average Bonchev–Trinajstić information content (AvgIpc) is 2.98. The van der Waals surface area contributed by atoms with Crippen molar-refractivity contribution in [1.29, 1.82) is 0 Å². The predicted molar refractivity (Wildman–Crippen MR) is 174 cm³/mol. The van der Waals surface area contributed by atoms with Gasteiger partial charge in [-0.25, -0.2) is 0 Å². The maximum atomic E-state index is 10.5. The molecule has 2 aromatic carbocycles. The smallest absolute Gasteiger partial charge is 0.120 e. The van der Waals surface area contributed by atoms with Crippen LogP contribution in [0.25, 0.3) is 0 Å². The third-order valence-corrected chi connectivity index (χ3v) is 9.07. The summed E-state index contributed by atoms with van der Waals surface area (Å²) in [6.45, 7) is 16.7. The van der Waals surface area contributed by atoms with Gasteiger partial charge in [-0.3, -0.25) is 0 Å². The summed E-state index contributed by atoms with van der Waals surface area (Å²) in [6.07, 6.45) is 13.0. The van der Waals surface area contributed by atoms with Gasteiger partial charge in [-0.2, -0.15) is 0 Å². The van der Waals surface area contributed by atoms with Gasteiger partial charge < -0.3 is 19.2 Å². The van der Waals surface area contributed by atoms with Crippen molar-refractivity contribution in [2.45, 2.75) is 122 Å². The number of methoxy groups -OCH3 is 2. The zero-order valence-corrected chi connectivity index (χ0v) is 27.5. The van der Waals surface area contributed by atoms with E-state index < -0.39 is 0 Å². The fourth-order valence-corrected chi connectivity index (χ4v) is 5.59. The van der Waals surface area contributed by atoms with Crippen molar-refractivity contribution in [2.75, 3.05) is 33.9 Å². The molecule has 2 aromatic rings. The molecule has 0 bridgehead atoms. The fraction of sp³-hybridized carbons (Fsp3) is 0.649. The van der Waals surface area contributed by atoms with E-state index in [9.17, 15) is 4.79 Å². The highest BCUT2D eigenvalue weighted by molar-refractivity contribution is 5.53. The molecule has 2 fully saturated rings. The summed E-state index contributed by atoms with van der Waals surface area (Å²) in [7, 11) is 3.65. The topological polar surface area (TPSA) is 38.8 Å². The molecule has 230 valence electrons. The zero-order chi connectivity index (χ0) is 30.3. The number of likely N-dealkylation sites (tertiary alicyclic amines) is 1. The number of carbonyl (C=O) groups is 1. The number of hydrogen-bond acceptors (Lipinski definition) is 4. The van der Waals surface area contributed by atoms with Crippen LogP contribution in [0.5, 0.6) is 0 Å². The van der Waals surface area contributed by atoms with E-state index >= 15 is 0 Å². The minimum atomic E-state index is -0.0323. The molecule has 4 nitrogen and oxygen atoms in total. The molecule has 0 radical (unpaired) electrons. The molecular weight excluding hydrogens is 506 g/mol. The molecule has 1 aliphatic carbocycles. The van der Waals surface area contributed by atoms with Crippen LogP contribution in [-0.4, -0.2) is 57.2 Å². The quantitative estimate of drug-likeness (QED) is 0.285. The molecule has 41 heavy (non-hydrogen) atoms. The van der Waals surface area contributed by atoms with Gasteiger partial charge in [0.05, 0.1) is 12.2 Å². The summed E-state index contributed by atoms with van der Waals surface area (Å²) in [5, 5.41) is 0. The number of aldehydes is 1. The Morgan fingerprint density at radius 2 is 1.15 bits per heavy atom. The van der Waals surface area contributed by atoms with Crippen molar-refractivity contribution in [3.63, 3.8) is 0 Å². The standard InChI is InChI=1S/C18H29NO.C12H16O.C7H14O/c1-15-5-7-16(8-6-15)18(2,3)11-14-19-12-9-17(20-4)10-13-19;1-10-4-6-11(7-5-10)12(2,3)8-9-13;1-8-7-5-3-2-4-6-7/h5-8,17H,9-14H2,1-4H3;4-7,9H,8H2,1-3H3;7H,2-6H2,1H3. The molecule has 1 saturated heterocycles. The summed E-state index contributed by atoms with van der Waals surface area (Å²) in [4.78, 5) is 13.0. The highest BCUT2D eigenvalue weighted by Crippen LogP contribution is 2.28. The second-order valence-corrected chi connectivity index (χ2v) is 13.4. The summed E-state index contributed by atoms with van der Waals surface area (Å²) in [5.74, 6) is 0. The lowest BCUT2D eigenvalue weighted by Crippen LogP contribution is -2.38. The molecule has 4 heteroatoms. The molecule has 4 rings (SSSR count). The van der Waals surface area contributed by atoms with Crippen LogP contribution in [0.1, 0.15) is 108 Å². The molecule has 1 aliphatic heterocycles. The molecule has 0 aromatic heterocycles. The third-order valence-electron chi connectivity index (χ3n) is 9.07. The lowest BCUT2D eigenvalue weighted by Gasteiger charge is -2.34. The molecule has 0 amide bonds. The summed E-state index contributed by atoms with van der Waals surface area (Å²) in [5.41, 5.74) is 5.50. The van der Waals surface area contributed by atoms with Crippen LogP contribution in [-0.2, 0) is 25.1 Å². The van der Waals surface area contributed by atoms with Crippen LogP contribution in [0, 0.1) is 13.8 Å². The van der Waals surface area contributed by atoms with E-state index in [1.807, 2.05) is 14.2 Å². The monoisotopic (exact) mass is 565 g/mol. The van der Waals surface area contributed by atoms with Gasteiger partial charge in [-0.1, -0.05) is 107 Å². The Morgan fingerprint density at radius 3 is 1.56 bits per heavy atom. The van der Waals surface area contributed by atoms with Gasteiger partial charge in [0.25, 0.3) is 0 Å². The van der Waals surface area contributed by atoms with Crippen molar-refractivity contribution in [1.82, 2.24) is 4.90 Å². The van der Waals surface area contributed by atoms with Crippen molar-refractivity contribution in [3.8, 4) is 0 Å². The molecular formula is C37H59NO3. The lowest BCUT2D eigenvalue weighted by atomic mass is 9.81. The van der Waals surface area contributed by atoms with Gasteiger partial charge in [-0.05, 0) is 74.5 Å². The second-order valence-electron chi connectivity index (χ2n) is 13.4. The second kappa shape index (κ2) is 17.8. The Kier molecular flexibility index (Phi) is 15.3. The van der Waals surface area contributed by atoms with Gasteiger partial charge in [0.2, 0.25) is 0 Å². The summed E-state index contributed by atoms with van der Waals surface area (Å²) < 4.78 is 10.6. The SMILES string of the molecule is COC1CCCCC1.COC1CCN(CCC(C)(C)c2ccc(C)cc2)CC1.Cc1ccc(C(C)(C)CC=O)cc1. The normalized spacial score (nSPS) is 17.2. The van der Waals surface area contributed by atoms with E-state index in [-0.39, 0.29) is 10.8 Å². The minimum Gasteiger partial charge on any atom is -0.381 e. The van der Waals surface area contributed by atoms with Crippen molar-refractivity contribution in [3.05, 3.63) is 70.8 Å². The van der Waals surface area contributed by atoms with Crippen LogP contribution < -0.4 is 0 Å². The largest absolute Gasteiger partial charge is 0.381 e. The first-order valence-electron chi connectivity index (χ1n) is 15.9. The molecule has 0 unspecified atom stereocenters. The van der Waals surface area contributed by atoms with Gasteiger partial charge in [-0.15, -0.1) is 0 Å². The van der Waals surface area contributed by atoms with Crippen LogP contribution in [0.4, 0.5) is 0 Å². The highest BCUT2D eigenvalue weighted by atomic mass is 16.5. The van der Waals surface area contributed by atoms with Gasteiger partial charge in [0.1, 0.15) is 6.29 Å². The first-order valence-corrected chi connectivity index (χ1v) is 15.9. The number of carbonyl (C=O) groups excluding carboxylic acids is 1. The van der Waals surface area contributed by atoms with Gasteiger partial charge >= 0.3 is 0 Å². The summed E-state index contributed by atoms with van der Waals surface area (Å²) in [6, 6.07) is 17.4. The molecule has 2 aliphatic rings. The van der Waals surface area contributed by atoms with Gasteiger partial charge in [0.15, 0.2) is 0 Å². The third kappa shape index (κ3) is 12.8. The predicted octanol–water partition coefficient (Wildman–Crippen LogP) is 8.60. The van der Waals surface area contributed by atoms with E-state index in [4.69, 9.17) is 9.47 Å². The Bertz CT molecular complexity index is 966. The maximum absolute atomic E-state index is 10.5. The van der Waals surface area contributed by atoms with E-state index in [1.54, 1.807) is 0 Å². The first-order chi connectivity index (χ1) is 19.5. The molecule has 0 N–H and O–H groups in total. The van der Waals surface area contributed by atoms with Crippen LogP contribution >= 0.6 is 0 Å². The number of hydrogen-bond donors (Lipinski definition) is 0. The number of aryl methyl sites for hydroxylation is 2. The Morgan fingerprint density at radius 1 is 0.707 bits per heavy atom. The highest BCUT2D eigenvalue weighted by Gasteiger charge is 2.24. The van der Waals surface area contributed by atoms with Crippen molar-refractivity contribution < 1.29 is 14.3 Å². The van der Waals surface area contributed by atoms with Gasteiger partial charge in [0, 0.05) is 33.7 Å². The number of nitrogens with zero attached hydrogens (tertiary/aromatic N) is 1. The van der Waals surface area contributed by atoms with Crippen molar-refractivity contribution in [2.24, 2.45) is 0 Å². The first kappa shape index (κ1) is 35.2. The maximum Gasteiger partial charge on any atom is 0.120 e. The van der Waals surface area contributed by atoms with E-state index in [1.165, 1.54) is 93.3 Å². The minimum absolute atomic E-state index is 0.0323. The van der Waals surface area contributed by atoms with E-state index in [0.717, 1.165) is 6.29 Å². The number of ether oxygens (including phenoxy) is 2. The average molecular weight is 566 g/mol. The zero-order valence-electron chi connectivity index (χ0n) is 27.5.